The quantitative estimate of drug-likeness (QED) is 0.0830. The summed E-state index contributed by atoms with van der Waals surface area (Å²) in [5.74, 6) is 0.177. The monoisotopic (exact) mass is 722 g/mol. The molecule has 0 aromatic heterocycles. The second kappa shape index (κ2) is 18.1. The molecule has 0 amide bonds. The van der Waals surface area contributed by atoms with E-state index in [1.54, 1.807) is 0 Å². The van der Waals surface area contributed by atoms with Gasteiger partial charge in [-0.05, 0) is 56.0 Å². The van der Waals surface area contributed by atoms with Crippen molar-refractivity contribution < 1.29 is 18.8 Å². The third kappa shape index (κ3) is 9.65. The minimum Gasteiger partial charge on any atom is -0.407 e. The number of carbonyl (C=O) groups excluding carboxylic acids is 1. The molecule has 0 fully saturated rings. The average molecular weight is 723 g/mol. The molecule has 0 aliphatic carbocycles. The van der Waals surface area contributed by atoms with E-state index in [4.69, 9.17) is 8.85 Å². The molecule has 0 unspecified atom stereocenters. The van der Waals surface area contributed by atoms with Gasteiger partial charge < -0.3 is 14.0 Å². The number of Topliss-reactive ketones (excluding diaryl/α,β-unsaturated/α-hetero) is 1. The van der Waals surface area contributed by atoms with Crippen LogP contribution in [0.4, 0.5) is 0 Å². The number of ketones is 1. The second-order valence-corrected chi connectivity index (χ2v) is 25.1. The molecular formula is C45H62O4Si2. The highest BCUT2D eigenvalue weighted by molar-refractivity contribution is 7.00. The molecule has 4 nitrogen and oxygen atoms in total. The molecule has 274 valence electrons. The Bertz CT molecular complexity index is 1520. The number of hydrogen-bond acceptors (Lipinski definition) is 4. The number of hydrogen-bond donors (Lipinski definition) is 1. The van der Waals surface area contributed by atoms with Crippen LogP contribution in [0.1, 0.15) is 87.5 Å². The molecule has 51 heavy (non-hydrogen) atoms. The number of aliphatic hydroxyl groups is 1. The third-order valence-corrected chi connectivity index (χ3v) is 20.7. The molecule has 0 heterocycles. The van der Waals surface area contributed by atoms with Gasteiger partial charge in [0.15, 0.2) is 0 Å². The summed E-state index contributed by atoms with van der Waals surface area (Å²) in [6.07, 6.45) is 2.77. The summed E-state index contributed by atoms with van der Waals surface area (Å²) in [6.45, 7) is 18.9. The molecule has 0 aliphatic heterocycles. The molecule has 0 bridgehead atoms. The van der Waals surface area contributed by atoms with Crippen molar-refractivity contribution in [2.45, 2.75) is 104 Å². The molecule has 6 heteroatoms. The highest BCUT2D eigenvalue weighted by Gasteiger charge is 2.51. The van der Waals surface area contributed by atoms with Gasteiger partial charge >= 0.3 is 0 Å². The van der Waals surface area contributed by atoms with Crippen molar-refractivity contribution in [2.24, 2.45) is 11.8 Å². The lowest BCUT2D eigenvalue weighted by molar-refractivity contribution is -0.119. The lowest BCUT2D eigenvalue weighted by Crippen LogP contribution is -2.67. The van der Waals surface area contributed by atoms with Gasteiger partial charge in [-0.25, -0.2) is 0 Å². The van der Waals surface area contributed by atoms with Gasteiger partial charge in [-0.15, -0.1) is 0 Å². The SMILES string of the molecule is C[C@H](CCC(=O)CCCCO[Si](c1ccccc1)(c1ccccc1)C(C)(C)C)[C@H](O)[C@@H](C)CO[Si](c1ccccc1)(c1ccccc1)C(C)(C)C. The Morgan fingerprint density at radius 3 is 1.31 bits per heavy atom. The van der Waals surface area contributed by atoms with Crippen molar-refractivity contribution >= 4 is 43.2 Å². The van der Waals surface area contributed by atoms with Crippen molar-refractivity contribution in [3.63, 3.8) is 0 Å². The zero-order valence-electron chi connectivity index (χ0n) is 32.4. The Kier molecular flexibility index (Phi) is 14.4. The first kappa shape index (κ1) is 40.6. The first-order valence-electron chi connectivity index (χ1n) is 18.9. The van der Waals surface area contributed by atoms with Crippen LogP contribution in [0.5, 0.6) is 0 Å². The van der Waals surface area contributed by atoms with Gasteiger partial charge in [0.25, 0.3) is 16.6 Å². The normalized spacial score (nSPS) is 14.5. The minimum atomic E-state index is -2.69. The van der Waals surface area contributed by atoms with E-state index in [-0.39, 0.29) is 27.7 Å². The fourth-order valence-corrected chi connectivity index (χ4v) is 17.0. The highest BCUT2D eigenvalue weighted by Crippen LogP contribution is 2.38. The van der Waals surface area contributed by atoms with Crippen molar-refractivity contribution in [1.29, 1.82) is 0 Å². The molecule has 0 radical (unpaired) electrons. The smallest absolute Gasteiger partial charge is 0.261 e. The van der Waals surface area contributed by atoms with Crippen molar-refractivity contribution in [1.82, 2.24) is 0 Å². The molecule has 3 atom stereocenters. The standard InChI is InChI=1S/C45H62O4Si2/c1-36(43(47)37(2)35-49-51(45(6,7)8,41-28-17-11-18-29-41)42-30-19-12-20-31-42)32-33-38(46)23-21-22-34-48-50(44(3,4)5,39-24-13-9-14-25-39)40-26-15-10-16-27-40/h9-20,24-31,36-37,43,47H,21-23,32-35H2,1-8H3/t36-,37+,43+/m1/s1. The van der Waals surface area contributed by atoms with E-state index in [2.05, 4.69) is 177 Å². The first-order chi connectivity index (χ1) is 24.2. The topological polar surface area (TPSA) is 55.8 Å². The van der Waals surface area contributed by atoms with Gasteiger partial charge in [0.1, 0.15) is 5.78 Å². The minimum absolute atomic E-state index is 0.00909. The van der Waals surface area contributed by atoms with E-state index in [0.29, 0.717) is 32.5 Å². The molecular weight excluding hydrogens is 661 g/mol. The van der Waals surface area contributed by atoms with Gasteiger partial charge in [0.2, 0.25) is 0 Å². The number of aliphatic hydroxyl groups excluding tert-OH is 1. The van der Waals surface area contributed by atoms with Crippen LogP contribution >= 0.6 is 0 Å². The van der Waals surface area contributed by atoms with Crippen LogP contribution in [0.2, 0.25) is 10.1 Å². The van der Waals surface area contributed by atoms with Gasteiger partial charge in [-0.1, -0.05) is 177 Å². The summed E-state index contributed by atoms with van der Waals surface area (Å²) >= 11 is 0. The van der Waals surface area contributed by atoms with Crippen molar-refractivity contribution in [3.8, 4) is 0 Å². The number of unbranched alkanes of at least 4 members (excludes halogenated alkanes) is 1. The van der Waals surface area contributed by atoms with E-state index in [1.807, 2.05) is 0 Å². The molecule has 4 aromatic carbocycles. The molecule has 4 rings (SSSR count). The van der Waals surface area contributed by atoms with Gasteiger partial charge in [0.05, 0.1) is 6.10 Å². The summed E-state index contributed by atoms with van der Waals surface area (Å²) in [7, 11) is -5.25. The number of rotatable bonds is 18. The summed E-state index contributed by atoms with van der Waals surface area (Å²) in [5.41, 5.74) is 0. The predicted molar refractivity (Wildman–Crippen MR) is 220 cm³/mol. The van der Waals surface area contributed by atoms with Crippen LogP contribution in [0.15, 0.2) is 121 Å². The summed E-state index contributed by atoms with van der Waals surface area (Å²) in [6, 6.07) is 42.7. The van der Waals surface area contributed by atoms with Gasteiger partial charge in [-0.2, -0.15) is 0 Å². The van der Waals surface area contributed by atoms with Gasteiger partial charge in [-0.3, -0.25) is 4.79 Å². The van der Waals surface area contributed by atoms with E-state index in [9.17, 15) is 9.90 Å². The molecule has 0 spiro atoms. The Morgan fingerprint density at radius 1 is 0.569 bits per heavy atom. The first-order valence-corrected chi connectivity index (χ1v) is 22.8. The number of benzene rings is 4. The zero-order valence-corrected chi connectivity index (χ0v) is 34.4. The highest BCUT2D eigenvalue weighted by atomic mass is 28.4. The van der Waals surface area contributed by atoms with E-state index in [1.165, 1.54) is 20.7 Å². The maximum Gasteiger partial charge on any atom is 0.261 e. The third-order valence-electron chi connectivity index (χ3n) is 10.6. The van der Waals surface area contributed by atoms with E-state index < -0.39 is 22.7 Å². The number of carbonyl (C=O) groups is 1. The van der Waals surface area contributed by atoms with Crippen molar-refractivity contribution in [2.75, 3.05) is 13.2 Å². The molecule has 4 aromatic rings. The van der Waals surface area contributed by atoms with Crippen LogP contribution in [-0.4, -0.2) is 46.8 Å². The Hall–Kier alpha value is -3.14. The summed E-state index contributed by atoms with van der Waals surface area (Å²) in [4.78, 5) is 13.1. The molecule has 0 saturated carbocycles. The maximum absolute atomic E-state index is 13.1. The van der Waals surface area contributed by atoms with Crippen molar-refractivity contribution in [3.05, 3.63) is 121 Å². The summed E-state index contributed by atoms with van der Waals surface area (Å²) < 4.78 is 14.1. The van der Waals surface area contributed by atoms with Gasteiger partial charge in [0, 0.05) is 32.0 Å². The Balaban J connectivity index is 1.31. The van der Waals surface area contributed by atoms with Crippen LogP contribution < -0.4 is 20.7 Å². The Labute approximate surface area is 310 Å². The van der Waals surface area contributed by atoms with E-state index >= 15 is 0 Å². The van der Waals surface area contributed by atoms with E-state index in [0.717, 1.165) is 12.8 Å². The second-order valence-electron chi connectivity index (χ2n) is 16.5. The Morgan fingerprint density at radius 2 is 0.941 bits per heavy atom. The van der Waals surface area contributed by atoms with Crippen LogP contribution in [0.3, 0.4) is 0 Å². The molecule has 1 N–H and O–H groups in total. The molecule has 0 saturated heterocycles. The zero-order chi connectivity index (χ0) is 37.1. The van der Waals surface area contributed by atoms with Crippen LogP contribution in [-0.2, 0) is 13.6 Å². The lowest BCUT2D eigenvalue weighted by Gasteiger charge is -2.44. The maximum atomic E-state index is 13.1. The fraction of sp³-hybridized carbons (Fsp3) is 0.444. The molecule has 0 aliphatic rings. The fourth-order valence-electron chi connectivity index (χ4n) is 7.77. The average Bonchev–Trinajstić information content (AvgIpc) is 3.12. The van der Waals surface area contributed by atoms with Crippen LogP contribution in [0.25, 0.3) is 0 Å². The summed E-state index contributed by atoms with van der Waals surface area (Å²) in [5, 5.41) is 16.3. The lowest BCUT2D eigenvalue weighted by atomic mass is 9.89. The largest absolute Gasteiger partial charge is 0.407 e. The van der Waals surface area contributed by atoms with Crippen LogP contribution in [0, 0.1) is 11.8 Å². The predicted octanol–water partition coefficient (Wildman–Crippen LogP) is 8.29.